The minimum Gasteiger partial charge on any atom is -0.395 e. The van der Waals surface area contributed by atoms with Crippen LogP contribution in [0.15, 0.2) is 30.3 Å². The monoisotopic (exact) mass is 269 g/mol. The summed E-state index contributed by atoms with van der Waals surface area (Å²) in [6.07, 6.45) is 2.21. The Balaban J connectivity index is 0.00000112. The third kappa shape index (κ3) is 2.41. The molecule has 0 unspecified atom stereocenters. The van der Waals surface area contributed by atoms with Crippen molar-refractivity contribution in [2.45, 2.75) is 6.92 Å². The van der Waals surface area contributed by atoms with Gasteiger partial charge in [-0.05, 0) is 18.6 Å². The molecule has 0 fully saturated rings. The number of aliphatic hydroxyl groups is 1. The minimum absolute atomic E-state index is 0. The van der Waals surface area contributed by atoms with Crippen molar-refractivity contribution in [2.24, 2.45) is 0 Å². The van der Waals surface area contributed by atoms with E-state index in [1.807, 2.05) is 6.07 Å². The van der Waals surface area contributed by atoms with Crippen LogP contribution in [0.1, 0.15) is 12.5 Å². The predicted molar refractivity (Wildman–Crippen MR) is 69.7 cm³/mol. The van der Waals surface area contributed by atoms with Gasteiger partial charge in [-0.25, -0.2) is 0 Å². The van der Waals surface area contributed by atoms with E-state index in [2.05, 4.69) is 36.1 Å². The number of allylic oxidation sites excluding steroid dienone is 1. The second-order valence-corrected chi connectivity index (χ2v) is 3.57. The van der Waals surface area contributed by atoms with Crippen LogP contribution in [-0.2, 0) is 0 Å². The van der Waals surface area contributed by atoms with Gasteiger partial charge in [0.15, 0.2) is 0 Å². The Morgan fingerprint density at radius 2 is 2.07 bits per heavy atom. The van der Waals surface area contributed by atoms with Crippen LogP contribution in [0, 0.1) is 0 Å². The molecule has 1 aliphatic rings. The average molecular weight is 270 g/mol. The highest BCUT2D eigenvalue weighted by molar-refractivity contribution is 8.93. The van der Waals surface area contributed by atoms with Crippen molar-refractivity contribution in [1.29, 1.82) is 0 Å². The summed E-state index contributed by atoms with van der Waals surface area (Å²) in [6.45, 7) is 3.96. The maximum absolute atomic E-state index is 8.95. The van der Waals surface area contributed by atoms with E-state index in [1.165, 1.54) is 16.8 Å². The quantitative estimate of drug-likeness (QED) is 0.892. The summed E-state index contributed by atoms with van der Waals surface area (Å²) in [5, 5.41) is 8.95. The predicted octanol–water partition coefficient (Wildman–Crippen LogP) is 2.48. The Morgan fingerprint density at radius 1 is 1.33 bits per heavy atom. The van der Waals surface area contributed by atoms with Crippen molar-refractivity contribution in [3.8, 4) is 0 Å². The van der Waals surface area contributed by atoms with E-state index < -0.39 is 0 Å². The Bertz CT molecular complexity index is 362. The molecule has 0 radical (unpaired) electrons. The number of aliphatic hydroxyl groups excluding tert-OH is 1. The van der Waals surface area contributed by atoms with Crippen molar-refractivity contribution < 1.29 is 5.11 Å². The lowest BCUT2D eigenvalue weighted by molar-refractivity contribution is 0.303. The van der Waals surface area contributed by atoms with Crippen LogP contribution in [0.2, 0.25) is 0 Å². The molecule has 0 saturated carbocycles. The molecule has 1 aromatic carbocycles. The molecule has 1 aliphatic heterocycles. The molecule has 0 bridgehead atoms. The van der Waals surface area contributed by atoms with Gasteiger partial charge in [0.2, 0.25) is 0 Å². The number of hydrogen-bond donors (Lipinski definition) is 1. The molecule has 15 heavy (non-hydrogen) atoms. The maximum Gasteiger partial charge on any atom is 0.0606 e. The number of rotatable bonds is 2. The first-order valence-corrected chi connectivity index (χ1v) is 4.95. The molecule has 1 aromatic rings. The van der Waals surface area contributed by atoms with E-state index in [9.17, 15) is 0 Å². The number of fused-ring (bicyclic) bond motifs is 1. The van der Waals surface area contributed by atoms with Crippen LogP contribution >= 0.6 is 17.0 Å². The second kappa shape index (κ2) is 5.33. The average Bonchev–Trinajstić information content (AvgIpc) is 2.23. The van der Waals surface area contributed by atoms with Gasteiger partial charge in [-0.1, -0.05) is 24.3 Å². The zero-order valence-corrected chi connectivity index (χ0v) is 10.5. The second-order valence-electron chi connectivity index (χ2n) is 3.57. The molecule has 2 rings (SSSR count). The highest BCUT2D eigenvalue weighted by Crippen LogP contribution is 2.30. The highest BCUT2D eigenvalue weighted by Gasteiger charge is 2.14. The Labute approximate surface area is 101 Å². The van der Waals surface area contributed by atoms with Crippen LogP contribution in [-0.4, -0.2) is 24.8 Å². The summed E-state index contributed by atoms with van der Waals surface area (Å²) in [7, 11) is 0. The van der Waals surface area contributed by atoms with Gasteiger partial charge in [0.25, 0.3) is 0 Å². The smallest absolute Gasteiger partial charge is 0.0606 e. The standard InChI is InChI=1S/C12H15NO.BrH/c1-10-6-7-13(8-9-14)12-5-3-2-4-11(10)12;/h2-6,14H,7-9H2,1H3;1H. The fourth-order valence-corrected chi connectivity index (χ4v) is 1.87. The van der Waals surface area contributed by atoms with Crippen molar-refractivity contribution in [2.75, 3.05) is 24.6 Å². The van der Waals surface area contributed by atoms with Crippen molar-refractivity contribution in [3.63, 3.8) is 0 Å². The van der Waals surface area contributed by atoms with E-state index in [1.54, 1.807) is 0 Å². The Morgan fingerprint density at radius 3 is 2.80 bits per heavy atom. The van der Waals surface area contributed by atoms with Gasteiger partial charge in [-0.3, -0.25) is 0 Å². The summed E-state index contributed by atoms with van der Waals surface area (Å²) in [5.41, 5.74) is 3.85. The van der Waals surface area contributed by atoms with E-state index in [-0.39, 0.29) is 23.6 Å². The molecule has 0 amide bonds. The first kappa shape index (κ1) is 12.3. The molecule has 0 spiro atoms. The van der Waals surface area contributed by atoms with Gasteiger partial charge in [0.05, 0.1) is 6.61 Å². The molecule has 1 N–H and O–H groups in total. The van der Waals surface area contributed by atoms with Gasteiger partial charge >= 0.3 is 0 Å². The molecule has 82 valence electrons. The van der Waals surface area contributed by atoms with E-state index in [0.717, 1.165) is 6.54 Å². The van der Waals surface area contributed by atoms with E-state index in [4.69, 9.17) is 5.11 Å². The van der Waals surface area contributed by atoms with Crippen LogP contribution in [0.5, 0.6) is 0 Å². The number of β-amino-alcohol motifs (C(OH)–C–C–N with tert-alkyl or cyclic N) is 1. The lowest BCUT2D eigenvalue weighted by Gasteiger charge is -2.29. The summed E-state index contributed by atoms with van der Waals surface area (Å²) in [4.78, 5) is 2.20. The zero-order chi connectivity index (χ0) is 9.97. The first-order valence-electron chi connectivity index (χ1n) is 4.95. The third-order valence-corrected chi connectivity index (χ3v) is 2.66. The molecule has 0 atom stereocenters. The van der Waals surface area contributed by atoms with Crippen molar-refractivity contribution >= 4 is 28.2 Å². The maximum atomic E-state index is 8.95. The fraction of sp³-hybridized carbons (Fsp3) is 0.333. The Kier molecular flexibility index (Phi) is 4.36. The minimum atomic E-state index is 0. The summed E-state index contributed by atoms with van der Waals surface area (Å²) < 4.78 is 0. The largest absolute Gasteiger partial charge is 0.395 e. The molecule has 0 saturated heterocycles. The summed E-state index contributed by atoms with van der Waals surface area (Å²) >= 11 is 0. The SMILES string of the molecule is Br.CC1=CCN(CCO)c2ccccc21. The van der Waals surface area contributed by atoms with Gasteiger partial charge in [0, 0.05) is 24.3 Å². The van der Waals surface area contributed by atoms with Gasteiger partial charge < -0.3 is 10.0 Å². The molecule has 3 heteroatoms. The molecular weight excluding hydrogens is 254 g/mol. The third-order valence-electron chi connectivity index (χ3n) is 2.66. The number of benzene rings is 1. The number of nitrogens with zero attached hydrogens (tertiary/aromatic N) is 1. The number of hydrogen-bond acceptors (Lipinski definition) is 2. The molecular formula is C12H16BrNO. The topological polar surface area (TPSA) is 23.5 Å². The molecule has 0 aliphatic carbocycles. The summed E-state index contributed by atoms with van der Waals surface area (Å²) in [5.74, 6) is 0. The fourth-order valence-electron chi connectivity index (χ4n) is 1.87. The number of anilines is 1. The number of para-hydroxylation sites is 1. The lowest BCUT2D eigenvalue weighted by Crippen LogP contribution is -2.29. The van der Waals surface area contributed by atoms with Gasteiger partial charge in [0.1, 0.15) is 0 Å². The molecule has 1 heterocycles. The summed E-state index contributed by atoms with van der Waals surface area (Å²) in [6, 6.07) is 8.34. The van der Waals surface area contributed by atoms with Crippen molar-refractivity contribution in [1.82, 2.24) is 0 Å². The normalized spacial score (nSPS) is 14.0. The van der Waals surface area contributed by atoms with Crippen LogP contribution in [0.3, 0.4) is 0 Å². The lowest BCUT2D eigenvalue weighted by atomic mass is 10.0. The van der Waals surface area contributed by atoms with Crippen LogP contribution in [0.25, 0.3) is 5.57 Å². The van der Waals surface area contributed by atoms with Crippen LogP contribution < -0.4 is 4.90 Å². The Hall–Kier alpha value is -0.800. The zero-order valence-electron chi connectivity index (χ0n) is 8.81. The van der Waals surface area contributed by atoms with E-state index in [0.29, 0.717) is 6.54 Å². The highest BCUT2D eigenvalue weighted by atomic mass is 79.9. The van der Waals surface area contributed by atoms with Gasteiger partial charge in [-0.15, -0.1) is 17.0 Å². The van der Waals surface area contributed by atoms with Crippen LogP contribution in [0.4, 0.5) is 5.69 Å². The van der Waals surface area contributed by atoms with E-state index >= 15 is 0 Å². The number of halogens is 1. The molecule has 2 nitrogen and oxygen atoms in total. The van der Waals surface area contributed by atoms with Crippen molar-refractivity contribution in [3.05, 3.63) is 35.9 Å². The molecule has 0 aromatic heterocycles. The first-order chi connectivity index (χ1) is 6.83. The van der Waals surface area contributed by atoms with Gasteiger partial charge in [-0.2, -0.15) is 0 Å².